The van der Waals surface area contributed by atoms with Gasteiger partial charge in [-0.05, 0) is 31.0 Å². The van der Waals surface area contributed by atoms with Crippen LogP contribution in [0.2, 0.25) is 0 Å². The van der Waals surface area contributed by atoms with E-state index < -0.39 is 10.0 Å². The maximum Gasteiger partial charge on any atom is 0.213 e. The molecule has 0 aliphatic rings. The summed E-state index contributed by atoms with van der Waals surface area (Å²) in [5.41, 5.74) is 0.856. The molecule has 25 heavy (non-hydrogen) atoms. The SMILES string of the molecule is CCS(=O)(=O)N(C)CCCNC(=NC)N(C)Cc1cccc(F)c1.I. The van der Waals surface area contributed by atoms with Gasteiger partial charge in [-0.3, -0.25) is 4.99 Å². The molecule has 1 aromatic rings. The van der Waals surface area contributed by atoms with E-state index in [0.29, 0.717) is 32.0 Å². The smallest absolute Gasteiger partial charge is 0.213 e. The molecule has 9 heteroatoms. The molecule has 6 nitrogen and oxygen atoms in total. The first-order chi connectivity index (χ1) is 11.3. The van der Waals surface area contributed by atoms with Gasteiger partial charge in [-0.15, -0.1) is 24.0 Å². The van der Waals surface area contributed by atoms with Crippen LogP contribution < -0.4 is 5.32 Å². The Hall–Kier alpha value is -0.940. The van der Waals surface area contributed by atoms with E-state index in [1.165, 1.54) is 16.4 Å². The van der Waals surface area contributed by atoms with E-state index in [1.807, 2.05) is 18.0 Å². The number of rotatable bonds is 8. The number of nitrogens with one attached hydrogen (secondary N) is 1. The summed E-state index contributed by atoms with van der Waals surface area (Å²) < 4.78 is 37.9. The zero-order chi connectivity index (χ0) is 18.2. The second-order valence-electron chi connectivity index (χ2n) is 5.54. The van der Waals surface area contributed by atoms with Crippen molar-refractivity contribution in [1.29, 1.82) is 0 Å². The van der Waals surface area contributed by atoms with Crippen LogP contribution in [0.3, 0.4) is 0 Å². The highest BCUT2D eigenvalue weighted by Gasteiger charge is 2.14. The fourth-order valence-electron chi connectivity index (χ4n) is 2.23. The van der Waals surface area contributed by atoms with Crippen molar-refractivity contribution in [2.75, 3.05) is 40.0 Å². The number of nitrogens with zero attached hydrogens (tertiary/aromatic N) is 3. The standard InChI is InChI=1S/C16H27FN4O2S.HI/c1-5-24(22,23)21(4)11-7-10-19-16(18-2)20(3)13-14-8-6-9-15(17)12-14;/h6,8-9,12H,5,7,10-11,13H2,1-4H3,(H,18,19);1H. The number of hydrogen-bond acceptors (Lipinski definition) is 3. The third-order valence-electron chi connectivity index (χ3n) is 3.65. The Kier molecular flexibility index (Phi) is 11.2. The molecule has 0 radical (unpaired) electrons. The van der Waals surface area contributed by atoms with Crippen LogP contribution in [0.5, 0.6) is 0 Å². The Morgan fingerprint density at radius 3 is 2.56 bits per heavy atom. The molecule has 0 unspecified atom stereocenters. The lowest BCUT2D eigenvalue weighted by Gasteiger charge is -2.23. The molecular weight excluding hydrogens is 458 g/mol. The lowest BCUT2D eigenvalue weighted by molar-refractivity contribution is 0.449. The van der Waals surface area contributed by atoms with Gasteiger partial charge in [-0.1, -0.05) is 12.1 Å². The predicted octanol–water partition coefficient (Wildman–Crippen LogP) is 2.12. The number of aliphatic imine (C=N–C) groups is 1. The molecular formula is C16H28FIN4O2S. The number of sulfonamides is 1. The average molecular weight is 486 g/mol. The van der Waals surface area contributed by atoms with Gasteiger partial charge in [0, 0.05) is 40.8 Å². The third kappa shape index (κ3) is 8.32. The summed E-state index contributed by atoms with van der Waals surface area (Å²) in [6.45, 7) is 3.21. The maximum absolute atomic E-state index is 13.2. The molecule has 0 amide bonds. The summed E-state index contributed by atoms with van der Waals surface area (Å²) in [6.07, 6.45) is 0.669. The Labute approximate surface area is 167 Å². The van der Waals surface area contributed by atoms with Gasteiger partial charge in [0.2, 0.25) is 10.0 Å². The number of guanidine groups is 1. The van der Waals surface area contributed by atoms with E-state index in [9.17, 15) is 12.8 Å². The Morgan fingerprint density at radius 2 is 2.00 bits per heavy atom. The van der Waals surface area contributed by atoms with Crippen molar-refractivity contribution < 1.29 is 12.8 Å². The van der Waals surface area contributed by atoms with E-state index in [1.54, 1.807) is 27.1 Å². The molecule has 0 saturated carbocycles. The van der Waals surface area contributed by atoms with E-state index in [-0.39, 0.29) is 35.5 Å². The first-order valence-corrected chi connectivity index (χ1v) is 9.51. The van der Waals surface area contributed by atoms with Crippen molar-refractivity contribution >= 4 is 40.0 Å². The number of benzene rings is 1. The molecule has 1 rings (SSSR count). The van der Waals surface area contributed by atoms with Crippen molar-refractivity contribution in [3.63, 3.8) is 0 Å². The van der Waals surface area contributed by atoms with Crippen LogP contribution >= 0.6 is 24.0 Å². The molecule has 144 valence electrons. The maximum atomic E-state index is 13.2. The van der Waals surface area contributed by atoms with Gasteiger partial charge >= 0.3 is 0 Å². The van der Waals surface area contributed by atoms with Gasteiger partial charge in [0.05, 0.1) is 5.75 Å². The van der Waals surface area contributed by atoms with Crippen LogP contribution in [0.1, 0.15) is 18.9 Å². The molecule has 0 aliphatic carbocycles. The summed E-state index contributed by atoms with van der Waals surface area (Å²) in [5, 5.41) is 3.19. The van der Waals surface area contributed by atoms with Crippen molar-refractivity contribution in [1.82, 2.24) is 14.5 Å². The third-order valence-corrected chi connectivity index (χ3v) is 5.52. The summed E-state index contributed by atoms with van der Waals surface area (Å²) in [6, 6.07) is 6.45. The highest BCUT2D eigenvalue weighted by Crippen LogP contribution is 2.06. The minimum absolute atomic E-state index is 0. The first-order valence-electron chi connectivity index (χ1n) is 7.90. The van der Waals surface area contributed by atoms with E-state index in [4.69, 9.17) is 0 Å². The topological polar surface area (TPSA) is 65.0 Å². The lowest BCUT2D eigenvalue weighted by Crippen LogP contribution is -2.40. The summed E-state index contributed by atoms with van der Waals surface area (Å²) in [5.74, 6) is 0.527. The largest absolute Gasteiger partial charge is 0.356 e. The lowest BCUT2D eigenvalue weighted by atomic mass is 10.2. The Balaban J connectivity index is 0.00000576. The first kappa shape index (κ1) is 24.1. The average Bonchev–Trinajstić information content (AvgIpc) is 2.54. The Bertz CT molecular complexity index is 655. The van der Waals surface area contributed by atoms with Crippen LogP contribution in [0, 0.1) is 5.82 Å². The zero-order valence-corrected chi connectivity index (χ0v) is 18.3. The van der Waals surface area contributed by atoms with Crippen molar-refractivity contribution in [2.45, 2.75) is 19.9 Å². The molecule has 0 bridgehead atoms. The normalized spacial score (nSPS) is 12.0. The van der Waals surface area contributed by atoms with Crippen LogP contribution in [0.4, 0.5) is 4.39 Å². The van der Waals surface area contributed by atoms with Crippen molar-refractivity contribution in [2.24, 2.45) is 4.99 Å². The summed E-state index contributed by atoms with van der Waals surface area (Å²) in [4.78, 5) is 6.08. The molecule has 0 fully saturated rings. The van der Waals surface area contributed by atoms with Gasteiger partial charge in [-0.2, -0.15) is 0 Å². The van der Waals surface area contributed by atoms with E-state index in [0.717, 1.165) is 5.56 Å². The highest BCUT2D eigenvalue weighted by molar-refractivity contribution is 14.0. The molecule has 0 spiro atoms. The van der Waals surface area contributed by atoms with Crippen LogP contribution in [-0.2, 0) is 16.6 Å². The number of hydrogen-bond donors (Lipinski definition) is 1. The minimum atomic E-state index is -3.14. The second-order valence-corrected chi connectivity index (χ2v) is 7.90. The predicted molar refractivity (Wildman–Crippen MR) is 111 cm³/mol. The van der Waals surface area contributed by atoms with Crippen LogP contribution in [0.25, 0.3) is 0 Å². The van der Waals surface area contributed by atoms with Crippen LogP contribution in [0.15, 0.2) is 29.3 Å². The number of halogens is 2. The molecule has 0 atom stereocenters. The van der Waals surface area contributed by atoms with Crippen LogP contribution in [-0.4, -0.2) is 63.6 Å². The van der Waals surface area contributed by atoms with Gasteiger partial charge in [-0.25, -0.2) is 17.1 Å². The van der Waals surface area contributed by atoms with Gasteiger partial charge < -0.3 is 10.2 Å². The molecule has 1 aromatic carbocycles. The zero-order valence-electron chi connectivity index (χ0n) is 15.2. The fourth-order valence-corrected chi connectivity index (χ4v) is 3.08. The Morgan fingerprint density at radius 1 is 1.32 bits per heavy atom. The second kappa shape index (κ2) is 11.6. The summed E-state index contributed by atoms with van der Waals surface area (Å²) >= 11 is 0. The van der Waals surface area contributed by atoms with Crippen molar-refractivity contribution in [3.8, 4) is 0 Å². The molecule has 0 aliphatic heterocycles. The van der Waals surface area contributed by atoms with Gasteiger partial charge in [0.25, 0.3) is 0 Å². The minimum Gasteiger partial charge on any atom is -0.356 e. The molecule has 1 N–H and O–H groups in total. The summed E-state index contributed by atoms with van der Waals surface area (Å²) in [7, 11) is 2.00. The quantitative estimate of drug-likeness (QED) is 0.265. The molecule has 0 saturated heterocycles. The fraction of sp³-hybridized carbons (Fsp3) is 0.562. The van der Waals surface area contributed by atoms with E-state index in [2.05, 4.69) is 10.3 Å². The van der Waals surface area contributed by atoms with Crippen molar-refractivity contribution in [3.05, 3.63) is 35.6 Å². The molecule has 0 heterocycles. The van der Waals surface area contributed by atoms with Gasteiger partial charge in [0.15, 0.2) is 5.96 Å². The molecule has 0 aromatic heterocycles. The van der Waals surface area contributed by atoms with E-state index >= 15 is 0 Å². The highest BCUT2D eigenvalue weighted by atomic mass is 127. The van der Waals surface area contributed by atoms with Gasteiger partial charge in [0.1, 0.15) is 5.82 Å². The monoisotopic (exact) mass is 486 g/mol.